The Balaban J connectivity index is 1.75. The number of hydrogen-bond acceptors (Lipinski definition) is 9. The molecule has 1 aliphatic rings. The molecule has 1 fully saturated rings. The van der Waals surface area contributed by atoms with Crippen molar-refractivity contribution in [2.45, 2.75) is 32.5 Å². The van der Waals surface area contributed by atoms with Gasteiger partial charge in [-0.15, -0.1) is 0 Å². The SMILES string of the molecule is C=CC(=O)Nc1cc(Nc2cc(-c3ccc(C=N)c(NC)c3)ncn2)c(OC(F)F)cc1N1C[C@@H](C)N[C@@H](C)C1. The average Bonchev–Trinajstić information content (AvgIpc) is 2.93. The highest BCUT2D eigenvalue weighted by Gasteiger charge is 2.26. The van der Waals surface area contributed by atoms with Crippen LogP contribution in [0, 0.1) is 5.41 Å². The van der Waals surface area contributed by atoms with Gasteiger partial charge in [-0.3, -0.25) is 4.79 Å². The normalized spacial score (nSPS) is 16.8. The number of amides is 1. The molecule has 210 valence electrons. The molecule has 0 spiro atoms. The highest BCUT2D eigenvalue weighted by Crippen LogP contribution is 2.40. The summed E-state index contributed by atoms with van der Waals surface area (Å²) in [5.41, 5.74) is 3.94. The van der Waals surface area contributed by atoms with Crippen molar-refractivity contribution >= 4 is 40.7 Å². The third kappa shape index (κ3) is 6.70. The molecule has 0 aliphatic carbocycles. The molecule has 0 saturated carbocycles. The van der Waals surface area contributed by atoms with E-state index in [1.54, 1.807) is 25.2 Å². The molecule has 0 unspecified atom stereocenters. The number of alkyl halides is 2. The first-order valence-corrected chi connectivity index (χ1v) is 12.7. The Labute approximate surface area is 231 Å². The van der Waals surface area contributed by atoms with Crippen LogP contribution < -0.4 is 30.9 Å². The maximum absolute atomic E-state index is 13.5. The summed E-state index contributed by atoms with van der Waals surface area (Å²) in [6, 6.07) is 10.5. The number of anilines is 5. The highest BCUT2D eigenvalue weighted by atomic mass is 19.3. The summed E-state index contributed by atoms with van der Waals surface area (Å²) in [6.07, 6.45) is 3.75. The Hall–Kier alpha value is -4.58. The van der Waals surface area contributed by atoms with Gasteiger partial charge in [0.15, 0.2) is 5.75 Å². The van der Waals surface area contributed by atoms with Crippen molar-refractivity contribution < 1.29 is 18.3 Å². The molecule has 0 bridgehead atoms. The number of ether oxygens (including phenoxy) is 1. The van der Waals surface area contributed by atoms with Crippen LogP contribution in [0.25, 0.3) is 11.3 Å². The van der Waals surface area contributed by atoms with E-state index in [9.17, 15) is 13.6 Å². The molecular weight excluding hydrogens is 518 g/mol. The lowest BCUT2D eigenvalue weighted by Crippen LogP contribution is -2.54. The second-order valence-corrected chi connectivity index (χ2v) is 9.42. The number of carbonyl (C=O) groups is 1. The van der Waals surface area contributed by atoms with E-state index in [2.05, 4.69) is 37.8 Å². The molecule has 2 heterocycles. The number of piperazine rings is 1. The van der Waals surface area contributed by atoms with Crippen LogP contribution in [0.5, 0.6) is 5.75 Å². The van der Waals surface area contributed by atoms with E-state index < -0.39 is 12.5 Å². The van der Waals surface area contributed by atoms with Gasteiger partial charge in [-0.05, 0) is 32.1 Å². The third-order valence-corrected chi connectivity index (χ3v) is 6.36. The first-order valence-electron chi connectivity index (χ1n) is 12.7. The number of aromatic nitrogens is 2. The van der Waals surface area contributed by atoms with Crippen LogP contribution in [-0.2, 0) is 4.79 Å². The van der Waals surface area contributed by atoms with Gasteiger partial charge in [0.05, 0.1) is 22.8 Å². The molecule has 10 nitrogen and oxygen atoms in total. The monoisotopic (exact) mass is 550 g/mol. The van der Waals surface area contributed by atoms with Crippen molar-refractivity contribution in [3.63, 3.8) is 0 Å². The summed E-state index contributed by atoms with van der Waals surface area (Å²) in [6.45, 7) is 5.71. The van der Waals surface area contributed by atoms with Crippen LogP contribution in [0.2, 0.25) is 0 Å². The number of halogens is 2. The Kier molecular flexibility index (Phi) is 8.90. The summed E-state index contributed by atoms with van der Waals surface area (Å²) in [5, 5.41) is 19.9. The van der Waals surface area contributed by atoms with Crippen molar-refractivity contribution in [1.29, 1.82) is 5.41 Å². The van der Waals surface area contributed by atoms with Crippen LogP contribution in [-0.4, -0.2) is 60.9 Å². The number of benzene rings is 2. The summed E-state index contributed by atoms with van der Waals surface area (Å²) in [4.78, 5) is 22.9. The van der Waals surface area contributed by atoms with Gasteiger partial charge < -0.3 is 36.3 Å². The van der Waals surface area contributed by atoms with Crippen molar-refractivity contribution in [3.05, 3.63) is 60.9 Å². The van der Waals surface area contributed by atoms with Gasteiger partial charge in [0.2, 0.25) is 5.91 Å². The highest BCUT2D eigenvalue weighted by molar-refractivity contribution is 6.02. The number of hydrogen-bond donors (Lipinski definition) is 5. The molecular formula is C28H32F2N8O2. The molecule has 1 amide bonds. The average molecular weight is 551 g/mol. The molecule has 12 heteroatoms. The zero-order valence-electron chi connectivity index (χ0n) is 22.5. The Morgan fingerprint density at radius 1 is 1.15 bits per heavy atom. The molecule has 1 saturated heterocycles. The molecule has 1 aliphatic heterocycles. The number of carbonyl (C=O) groups excluding carboxylic acids is 1. The topological polar surface area (TPSA) is 127 Å². The predicted octanol–water partition coefficient (Wildman–Crippen LogP) is 4.84. The van der Waals surface area contributed by atoms with Crippen LogP contribution in [0.15, 0.2) is 55.4 Å². The third-order valence-electron chi connectivity index (χ3n) is 6.36. The summed E-state index contributed by atoms with van der Waals surface area (Å²) in [7, 11) is 1.76. The minimum Gasteiger partial charge on any atom is -0.433 e. The molecule has 1 aromatic heterocycles. The van der Waals surface area contributed by atoms with Crippen molar-refractivity contribution in [1.82, 2.24) is 15.3 Å². The maximum atomic E-state index is 13.5. The van der Waals surface area contributed by atoms with E-state index >= 15 is 0 Å². The van der Waals surface area contributed by atoms with Gasteiger partial charge in [-0.25, -0.2) is 9.97 Å². The summed E-state index contributed by atoms with van der Waals surface area (Å²) in [5.74, 6) is -0.221. The van der Waals surface area contributed by atoms with Crippen molar-refractivity contribution in [2.75, 3.05) is 41.0 Å². The lowest BCUT2D eigenvalue weighted by Gasteiger charge is -2.38. The van der Waals surface area contributed by atoms with E-state index in [1.807, 2.05) is 30.9 Å². The fraction of sp³-hybridized carbons (Fsp3) is 0.286. The number of nitrogens with one attached hydrogen (secondary N) is 5. The van der Waals surface area contributed by atoms with Crippen LogP contribution in [0.3, 0.4) is 0 Å². The smallest absolute Gasteiger partial charge is 0.387 e. The summed E-state index contributed by atoms with van der Waals surface area (Å²) >= 11 is 0. The second-order valence-electron chi connectivity index (χ2n) is 9.42. The fourth-order valence-corrected chi connectivity index (χ4v) is 4.71. The molecule has 4 rings (SSSR count). The molecule has 5 N–H and O–H groups in total. The largest absolute Gasteiger partial charge is 0.433 e. The van der Waals surface area contributed by atoms with E-state index in [4.69, 9.17) is 10.1 Å². The van der Waals surface area contributed by atoms with Crippen molar-refractivity contribution in [2.24, 2.45) is 0 Å². The van der Waals surface area contributed by atoms with E-state index in [0.29, 0.717) is 36.0 Å². The molecule has 2 aromatic carbocycles. The van der Waals surface area contributed by atoms with Gasteiger partial charge >= 0.3 is 6.61 Å². The summed E-state index contributed by atoms with van der Waals surface area (Å²) < 4.78 is 32.0. The van der Waals surface area contributed by atoms with Crippen LogP contribution >= 0.6 is 0 Å². The number of nitrogens with zero attached hydrogens (tertiary/aromatic N) is 3. The van der Waals surface area contributed by atoms with E-state index in [0.717, 1.165) is 22.9 Å². The van der Waals surface area contributed by atoms with Gasteiger partial charge in [-0.2, -0.15) is 8.78 Å². The molecule has 0 radical (unpaired) electrons. The minimum absolute atomic E-state index is 0.103. The fourth-order valence-electron chi connectivity index (χ4n) is 4.71. The lowest BCUT2D eigenvalue weighted by molar-refractivity contribution is -0.111. The zero-order chi connectivity index (χ0) is 28.8. The van der Waals surface area contributed by atoms with Crippen LogP contribution in [0.4, 0.5) is 37.3 Å². The minimum atomic E-state index is -3.07. The van der Waals surface area contributed by atoms with Gasteiger partial charge in [0.1, 0.15) is 12.1 Å². The van der Waals surface area contributed by atoms with E-state index in [-0.39, 0.29) is 23.5 Å². The lowest BCUT2D eigenvalue weighted by atomic mass is 10.1. The molecule has 3 aromatic rings. The quantitative estimate of drug-likeness (QED) is 0.179. The Morgan fingerprint density at radius 3 is 2.55 bits per heavy atom. The zero-order valence-corrected chi connectivity index (χ0v) is 22.5. The predicted molar refractivity (Wildman–Crippen MR) is 154 cm³/mol. The van der Waals surface area contributed by atoms with Gasteiger partial charge in [0, 0.05) is 67.4 Å². The van der Waals surface area contributed by atoms with Gasteiger partial charge in [-0.1, -0.05) is 18.7 Å². The first kappa shape index (κ1) is 28.4. The van der Waals surface area contributed by atoms with E-state index in [1.165, 1.54) is 18.6 Å². The molecule has 2 atom stereocenters. The molecule has 40 heavy (non-hydrogen) atoms. The first-order chi connectivity index (χ1) is 19.2. The second kappa shape index (κ2) is 12.5. The standard InChI is InChI=1S/C28H32F2N8O2/c1-5-27(39)37-22-9-23(25(40-28(29)30)11-24(22)38-13-16(2)35-17(3)14-38)36-26-10-21(33-15-34-26)18-6-7-19(12-31)20(8-18)32-4/h5-12,15-17,28,31-32,35H,1,13-14H2,2-4H3,(H,37,39)(H,33,34,36)/t16-,17+. The van der Waals surface area contributed by atoms with Crippen LogP contribution in [0.1, 0.15) is 19.4 Å². The Morgan fingerprint density at radius 2 is 1.90 bits per heavy atom. The number of rotatable bonds is 10. The Bertz CT molecular complexity index is 1390. The maximum Gasteiger partial charge on any atom is 0.387 e. The van der Waals surface area contributed by atoms with Gasteiger partial charge in [0.25, 0.3) is 0 Å². The van der Waals surface area contributed by atoms with Crippen molar-refractivity contribution in [3.8, 4) is 17.0 Å².